The highest BCUT2D eigenvalue weighted by Crippen LogP contribution is 2.14. The summed E-state index contributed by atoms with van der Waals surface area (Å²) in [5.41, 5.74) is 0. The van der Waals surface area contributed by atoms with Crippen LogP contribution in [0.25, 0.3) is 0 Å². The van der Waals surface area contributed by atoms with Crippen LogP contribution in [0, 0.1) is 0 Å². The molecule has 0 bridgehead atoms. The molecule has 0 fully saturated rings. The summed E-state index contributed by atoms with van der Waals surface area (Å²) in [5, 5.41) is 11.3. The topological polar surface area (TPSA) is 66.4 Å². The second kappa shape index (κ2) is 24.2. The van der Waals surface area contributed by atoms with Crippen LogP contribution < -0.4 is 5.32 Å². The van der Waals surface area contributed by atoms with Crippen molar-refractivity contribution in [3.8, 4) is 0 Å². The summed E-state index contributed by atoms with van der Waals surface area (Å²) in [6, 6.07) is 0. The molecule has 0 unspecified atom stereocenters. The third-order valence-electron chi connectivity index (χ3n) is 5.90. The predicted octanol–water partition coefficient (Wildman–Crippen LogP) is 7.79. The van der Waals surface area contributed by atoms with Gasteiger partial charge < -0.3 is 10.4 Å². The molecule has 0 saturated carbocycles. The zero-order valence-electron chi connectivity index (χ0n) is 20.0. The van der Waals surface area contributed by atoms with Gasteiger partial charge in [0.15, 0.2) is 0 Å². The molecule has 1 amide bonds. The third-order valence-corrected chi connectivity index (χ3v) is 5.90. The van der Waals surface area contributed by atoms with E-state index in [4.69, 9.17) is 5.11 Å². The van der Waals surface area contributed by atoms with Gasteiger partial charge in [-0.1, -0.05) is 122 Å². The van der Waals surface area contributed by atoms with E-state index in [1.165, 1.54) is 109 Å². The van der Waals surface area contributed by atoms with Crippen molar-refractivity contribution in [1.29, 1.82) is 0 Å². The van der Waals surface area contributed by atoms with Gasteiger partial charge >= 0.3 is 5.97 Å². The molecule has 0 spiro atoms. The molecule has 0 aliphatic heterocycles. The Bertz CT molecular complexity index is 384. The first-order chi connectivity index (χ1) is 14.7. The molecule has 0 saturated heterocycles. The van der Waals surface area contributed by atoms with Crippen molar-refractivity contribution in [2.45, 2.75) is 148 Å². The van der Waals surface area contributed by atoms with Crippen molar-refractivity contribution in [2.24, 2.45) is 0 Å². The lowest BCUT2D eigenvalue weighted by atomic mass is 10.0. The first-order valence-corrected chi connectivity index (χ1v) is 13.1. The Hall–Kier alpha value is -1.06. The minimum Gasteiger partial charge on any atom is -0.481 e. The fourth-order valence-corrected chi connectivity index (χ4v) is 3.92. The molecule has 0 heterocycles. The van der Waals surface area contributed by atoms with E-state index >= 15 is 0 Å². The van der Waals surface area contributed by atoms with Gasteiger partial charge in [0.1, 0.15) is 0 Å². The van der Waals surface area contributed by atoms with Crippen LogP contribution in [0.4, 0.5) is 0 Å². The molecule has 0 aliphatic carbocycles. The van der Waals surface area contributed by atoms with Crippen LogP contribution >= 0.6 is 0 Å². The Morgan fingerprint density at radius 3 is 1.27 bits per heavy atom. The maximum atomic E-state index is 11.6. The van der Waals surface area contributed by atoms with Crippen molar-refractivity contribution in [2.75, 3.05) is 6.54 Å². The molecule has 30 heavy (non-hydrogen) atoms. The number of aliphatic carboxylic acids is 1. The van der Waals surface area contributed by atoms with Gasteiger partial charge in [-0.25, -0.2) is 0 Å². The molecule has 0 aromatic rings. The van der Waals surface area contributed by atoms with E-state index in [0.29, 0.717) is 19.4 Å². The summed E-state index contributed by atoms with van der Waals surface area (Å²) in [5.74, 6) is -0.740. The molecule has 0 aliphatic rings. The van der Waals surface area contributed by atoms with Gasteiger partial charge in [-0.3, -0.25) is 9.59 Å². The van der Waals surface area contributed by atoms with Crippen molar-refractivity contribution in [3.63, 3.8) is 0 Å². The zero-order chi connectivity index (χ0) is 22.1. The quantitative estimate of drug-likeness (QED) is 0.155. The second-order valence-electron chi connectivity index (χ2n) is 8.96. The van der Waals surface area contributed by atoms with Crippen LogP contribution in [0.1, 0.15) is 148 Å². The Morgan fingerprint density at radius 1 is 0.533 bits per heavy atom. The van der Waals surface area contributed by atoms with Gasteiger partial charge in [0.2, 0.25) is 5.91 Å². The van der Waals surface area contributed by atoms with Crippen LogP contribution in [0.3, 0.4) is 0 Å². The Kier molecular flexibility index (Phi) is 23.4. The number of carboxylic acids is 1. The molecule has 0 radical (unpaired) electrons. The molecule has 178 valence electrons. The number of carbonyl (C=O) groups excluding carboxylic acids is 1. The van der Waals surface area contributed by atoms with Gasteiger partial charge in [-0.05, 0) is 12.8 Å². The van der Waals surface area contributed by atoms with Crippen molar-refractivity contribution < 1.29 is 14.7 Å². The number of rotatable bonds is 24. The molecule has 0 aromatic heterocycles. The highest BCUT2D eigenvalue weighted by molar-refractivity contribution is 5.75. The number of hydrogen-bond donors (Lipinski definition) is 2. The van der Waals surface area contributed by atoms with Crippen molar-refractivity contribution >= 4 is 11.9 Å². The van der Waals surface area contributed by atoms with Gasteiger partial charge in [0, 0.05) is 19.4 Å². The van der Waals surface area contributed by atoms with E-state index in [2.05, 4.69) is 12.2 Å². The second-order valence-corrected chi connectivity index (χ2v) is 8.96. The highest BCUT2D eigenvalue weighted by atomic mass is 16.4. The largest absolute Gasteiger partial charge is 0.481 e. The Labute approximate surface area is 187 Å². The van der Waals surface area contributed by atoms with E-state index in [-0.39, 0.29) is 12.3 Å². The fourth-order valence-electron chi connectivity index (χ4n) is 3.92. The number of amides is 1. The van der Waals surface area contributed by atoms with Gasteiger partial charge in [0.05, 0.1) is 0 Å². The summed E-state index contributed by atoms with van der Waals surface area (Å²) >= 11 is 0. The number of carbonyl (C=O) groups is 2. The molecular formula is C26H51NO3. The average molecular weight is 426 g/mol. The molecule has 4 heteroatoms. The van der Waals surface area contributed by atoms with Crippen molar-refractivity contribution in [1.82, 2.24) is 5.32 Å². The summed E-state index contributed by atoms with van der Waals surface area (Å²) < 4.78 is 0. The van der Waals surface area contributed by atoms with Gasteiger partial charge in [-0.2, -0.15) is 0 Å². The maximum Gasteiger partial charge on any atom is 0.303 e. The van der Waals surface area contributed by atoms with Gasteiger partial charge in [-0.15, -0.1) is 0 Å². The molecule has 0 rings (SSSR count). The fraction of sp³-hybridized carbons (Fsp3) is 0.923. The summed E-state index contributed by atoms with van der Waals surface area (Å²) in [4.78, 5) is 22.0. The molecule has 0 aromatic carbocycles. The zero-order valence-corrected chi connectivity index (χ0v) is 20.0. The van der Waals surface area contributed by atoms with E-state index in [0.717, 1.165) is 12.8 Å². The van der Waals surface area contributed by atoms with Gasteiger partial charge in [0.25, 0.3) is 0 Å². The highest BCUT2D eigenvalue weighted by Gasteiger charge is 2.02. The summed E-state index contributed by atoms with van der Waals surface area (Å²) in [6.45, 7) is 2.76. The van der Waals surface area contributed by atoms with Crippen molar-refractivity contribution in [3.05, 3.63) is 0 Å². The van der Waals surface area contributed by atoms with E-state index < -0.39 is 5.97 Å². The monoisotopic (exact) mass is 425 g/mol. The van der Waals surface area contributed by atoms with Crippen LogP contribution in [-0.4, -0.2) is 23.5 Å². The molecular weight excluding hydrogens is 374 g/mol. The normalized spacial score (nSPS) is 11.0. The van der Waals surface area contributed by atoms with E-state index in [1.807, 2.05) is 0 Å². The summed E-state index contributed by atoms with van der Waals surface area (Å²) in [6.07, 6.45) is 27.0. The number of nitrogens with one attached hydrogen (secondary N) is 1. The number of carboxylic acid groups (broad SMARTS) is 1. The lowest BCUT2D eigenvalue weighted by Crippen LogP contribution is -2.24. The van der Waals surface area contributed by atoms with Crippen LogP contribution in [0.2, 0.25) is 0 Å². The van der Waals surface area contributed by atoms with Crippen LogP contribution in [-0.2, 0) is 9.59 Å². The standard InChI is InChI=1S/C26H51NO3/c1-2-3-4-5-6-7-8-9-10-11-12-13-14-15-16-17-18-19-20-22-25(28)27-24-21-23-26(29)30/h2-24H2,1H3,(H,27,28)(H,29,30). The SMILES string of the molecule is CCCCCCCCCCCCCCCCCCCCCC(=O)NCCCC(=O)O. The lowest BCUT2D eigenvalue weighted by molar-refractivity contribution is -0.137. The maximum absolute atomic E-state index is 11.6. The predicted molar refractivity (Wildman–Crippen MR) is 128 cm³/mol. The third kappa shape index (κ3) is 25.0. The average Bonchev–Trinajstić information content (AvgIpc) is 2.72. The lowest BCUT2D eigenvalue weighted by Gasteiger charge is -2.05. The Balaban J connectivity index is 3.11. The number of unbranched alkanes of at least 4 members (excludes halogenated alkanes) is 18. The smallest absolute Gasteiger partial charge is 0.303 e. The molecule has 0 atom stereocenters. The summed E-state index contributed by atoms with van der Waals surface area (Å²) in [7, 11) is 0. The minimum absolute atomic E-state index is 0.0624. The van der Waals surface area contributed by atoms with E-state index in [9.17, 15) is 9.59 Å². The number of hydrogen-bond acceptors (Lipinski definition) is 2. The minimum atomic E-state index is -0.803. The first-order valence-electron chi connectivity index (χ1n) is 13.1. The Morgan fingerprint density at radius 2 is 0.900 bits per heavy atom. The molecule has 4 nitrogen and oxygen atoms in total. The van der Waals surface area contributed by atoms with Crippen LogP contribution in [0.15, 0.2) is 0 Å². The van der Waals surface area contributed by atoms with Crippen LogP contribution in [0.5, 0.6) is 0 Å². The first kappa shape index (κ1) is 28.9. The molecule has 2 N–H and O–H groups in total. The van der Waals surface area contributed by atoms with E-state index in [1.54, 1.807) is 0 Å².